The van der Waals surface area contributed by atoms with E-state index in [1.165, 1.54) is 0 Å². The maximum absolute atomic E-state index is 11.0. The maximum Gasteiger partial charge on any atom is 0.315 e. The molecule has 0 saturated carbocycles. The van der Waals surface area contributed by atoms with E-state index in [2.05, 4.69) is 5.32 Å². The fourth-order valence-electron chi connectivity index (χ4n) is 2.02. The van der Waals surface area contributed by atoms with Gasteiger partial charge in [-0.1, -0.05) is 20.8 Å². The molecule has 16 heavy (non-hydrogen) atoms. The molecule has 1 aliphatic rings. The Labute approximate surface area is 95.2 Å². The van der Waals surface area contributed by atoms with Gasteiger partial charge in [-0.2, -0.15) is 0 Å². The summed E-state index contributed by atoms with van der Waals surface area (Å²) in [5.41, 5.74) is -0.200. The third kappa shape index (κ3) is 2.80. The monoisotopic (exact) mass is 229 g/mol. The van der Waals surface area contributed by atoms with Crippen molar-refractivity contribution in [2.75, 3.05) is 13.2 Å². The van der Waals surface area contributed by atoms with E-state index < -0.39 is 17.9 Å². The van der Waals surface area contributed by atoms with Gasteiger partial charge in [0, 0.05) is 6.54 Å². The molecule has 1 rings (SSSR count). The van der Waals surface area contributed by atoms with Gasteiger partial charge in [-0.15, -0.1) is 0 Å². The van der Waals surface area contributed by atoms with Crippen molar-refractivity contribution in [2.24, 2.45) is 11.3 Å². The molecule has 5 heteroatoms. The zero-order chi connectivity index (χ0) is 12.3. The van der Waals surface area contributed by atoms with Crippen LogP contribution in [0.2, 0.25) is 0 Å². The molecule has 1 saturated heterocycles. The highest BCUT2D eigenvalue weighted by Crippen LogP contribution is 2.29. The van der Waals surface area contributed by atoms with Gasteiger partial charge in [0.1, 0.15) is 12.2 Å². The van der Waals surface area contributed by atoms with Crippen LogP contribution in [0.3, 0.4) is 0 Å². The Hall–Kier alpha value is -0.940. The van der Waals surface area contributed by atoms with E-state index in [1.807, 2.05) is 20.8 Å². The predicted octanol–water partition coefficient (Wildman–Crippen LogP) is 0.289. The van der Waals surface area contributed by atoms with Crippen LogP contribution < -0.4 is 5.32 Å². The van der Waals surface area contributed by atoms with E-state index in [0.717, 1.165) is 0 Å². The summed E-state index contributed by atoms with van der Waals surface area (Å²) >= 11 is 0. The van der Waals surface area contributed by atoms with Gasteiger partial charge < -0.3 is 20.0 Å². The standard InChI is InChI=1S/C11H19NO4/c1-11(2,3)9-8(12-4-5-16-9)7(6-13)10(14)15/h6-9,12H,4-5H2,1-3H3,(H,14,15). The molecule has 1 fully saturated rings. The Morgan fingerprint density at radius 3 is 2.62 bits per heavy atom. The Balaban J connectivity index is 2.89. The number of carbonyl (C=O) groups is 2. The van der Waals surface area contributed by atoms with Crippen LogP contribution in [-0.2, 0) is 14.3 Å². The van der Waals surface area contributed by atoms with E-state index in [-0.39, 0.29) is 11.5 Å². The molecule has 0 bridgehead atoms. The number of nitrogens with one attached hydrogen (secondary N) is 1. The molecule has 0 aromatic heterocycles. The second-order valence-electron chi connectivity index (χ2n) is 5.14. The van der Waals surface area contributed by atoms with Crippen molar-refractivity contribution in [2.45, 2.75) is 32.9 Å². The summed E-state index contributed by atoms with van der Waals surface area (Å²) in [4.78, 5) is 21.8. The molecule has 1 aliphatic heterocycles. The highest BCUT2D eigenvalue weighted by molar-refractivity contribution is 5.87. The highest BCUT2D eigenvalue weighted by Gasteiger charge is 2.42. The van der Waals surface area contributed by atoms with Gasteiger partial charge in [0.25, 0.3) is 0 Å². The first-order valence-electron chi connectivity index (χ1n) is 5.41. The van der Waals surface area contributed by atoms with E-state index in [9.17, 15) is 9.59 Å². The lowest BCUT2D eigenvalue weighted by molar-refractivity contribution is -0.150. The Bertz CT molecular complexity index is 272. The largest absolute Gasteiger partial charge is 0.481 e. The molecule has 0 radical (unpaired) electrons. The number of hydrogen-bond acceptors (Lipinski definition) is 4. The van der Waals surface area contributed by atoms with Crippen molar-refractivity contribution in [1.82, 2.24) is 5.32 Å². The Morgan fingerprint density at radius 1 is 1.56 bits per heavy atom. The van der Waals surface area contributed by atoms with Gasteiger partial charge >= 0.3 is 5.97 Å². The van der Waals surface area contributed by atoms with Crippen LogP contribution in [-0.4, -0.2) is 42.7 Å². The summed E-state index contributed by atoms with van der Waals surface area (Å²) in [6, 6.07) is -0.455. The van der Waals surface area contributed by atoms with Crippen LogP contribution in [0.15, 0.2) is 0 Å². The second kappa shape index (κ2) is 4.93. The van der Waals surface area contributed by atoms with Crippen LogP contribution in [0.25, 0.3) is 0 Å². The van der Waals surface area contributed by atoms with Gasteiger partial charge in [0.05, 0.1) is 18.8 Å². The van der Waals surface area contributed by atoms with Crippen LogP contribution in [0.1, 0.15) is 20.8 Å². The first-order valence-corrected chi connectivity index (χ1v) is 5.41. The minimum absolute atomic E-state index is 0.200. The normalized spacial score (nSPS) is 28.4. The second-order valence-corrected chi connectivity index (χ2v) is 5.14. The topological polar surface area (TPSA) is 75.6 Å². The maximum atomic E-state index is 11.0. The number of morpholine rings is 1. The van der Waals surface area contributed by atoms with Crippen molar-refractivity contribution in [3.8, 4) is 0 Å². The van der Waals surface area contributed by atoms with Crippen LogP contribution >= 0.6 is 0 Å². The smallest absolute Gasteiger partial charge is 0.315 e. The fraction of sp³-hybridized carbons (Fsp3) is 0.818. The molecule has 2 N–H and O–H groups in total. The summed E-state index contributed by atoms with van der Waals surface area (Å²) in [7, 11) is 0. The number of carbonyl (C=O) groups excluding carboxylic acids is 1. The SMILES string of the molecule is CC(C)(C)C1OCCNC1C(C=O)C(=O)O. The molecule has 3 unspecified atom stereocenters. The third-order valence-corrected chi connectivity index (χ3v) is 2.78. The number of ether oxygens (including phenoxy) is 1. The van der Waals surface area contributed by atoms with E-state index in [4.69, 9.17) is 9.84 Å². The minimum atomic E-state index is -1.10. The summed E-state index contributed by atoms with van der Waals surface area (Å²) in [5.74, 6) is -2.16. The van der Waals surface area contributed by atoms with Crippen molar-refractivity contribution in [1.29, 1.82) is 0 Å². The van der Waals surface area contributed by atoms with Crippen molar-refractivity contribution < 1.29 is 19.4 Å². The van der Waals surface area contributed by atoms with Crippen molar-refractivity contribution in [3.05, 3.63) is 0 Å². The van der Waals surface area contributed by atoms with Gasteiger partial charge in [-0.3, -0.25) is 4.79 Å². The first-order chi connectivity index (χ1) is 7.38. The fourth-order valence-corrected chi connectivity index (χ4v) is 2.02. The summed E-state index contributed by atoms with van der Waals surface area (Å²) in [6.45, 7) is 7.04. The minimum Gasteiger partial charge on any atom is -0.481 e. The quantitative estimate of drug-likeness (QED) is 0.537. The number of aliphatic carboxylic acids is 1. The van der Waals surface area contributed by atoms with Gasteiger partial charge in [-0.05, 0) is 5.41 Å². The third-order valence-electron chi connectivity index (χ3n) is 2.78. The summed E-state index contributed by atoms with van der Waals surface area (Å²) < 4.78 is 5.60. The predicted molar refractivity (Wildman–Crippen MR) is 58.2 cm³/mol. The number of carboxylic acids is 1. The van der Waals surface area contributed by atoms with Gasteiger partial charge in [0.15, 0.2) is 0 Å². The van der Waals surface area contributed by atoms with Gasteiger partial charge in [0.2, 0.25) is 0 Å². The van der Waals surface area contributed by atoms with Crippen LogP contribution in [0, 0.1) is 11.3 Å². The van der Waals surface area contributed by atoms with Crippen LogP contribution in [0.4, 0.5) is 0 Å². The first kappa shape index (κ1) is 13.1. The molecular formula is C11H19NO4. The van der Waals surface area contributed by atoms with E-state index >= 15 is 0 Å². The van der Waals surface area contributed by atoms with E-state index in [1.54, 1.807) is 0 Å². The average Bonchev–Trinajstić information content (AvgIpc) is 2.17. The molecule has 5 nitrogen and oxygen atoms in total. The number of carboxylic acid groups (broad SMARTS) is 1. The zero-order valence-corrected chi connectivity index (χ0v) is 9.90. The molecule has 92 valence electrons. The average molecular weight is 229 g/mol. The lowest BCUT2D eigenvalue weighted by Gasteiger charge is -2.41. The molecule has 0 aromatic rings. The van der Waals surface area contributed by atoms with Crippen LogP contribution in [0.5, 0.6) is 0 Å². The van der Waals surface area contributed by atoms with Crippen molar-refractivity contribution in [3.63, 3.8) is 0 Å². The summed E-state index contributed by atoms with van der Waals surface area (Å²) in [6.07, 6.45) is 0.209. The number of rotatable bonds is 3. The highest BCUT2D eigenvalue weighted by atomic mass is 16.5. The Kier molecular flexibility index (Phi) is 4.04. The molecule has 0 aliphatic carbocycles. The zero-order valence-electron chi connectivity index (χ0n) is 9.90. The molecule has 3 atom stereocenters. The van der Waals surface area contributed by atoms with Crippen molar-refractivity contribution >= 4 is 12.3 Å². The summed E-state index contributed by atoms with van der Waals surface area (Å²) in [5, 5.41) is 12.1. The number of aldehydes is 1. The molecule has 0 amide bonds. The molecule has 0 spiro atoms. The molecular weight excluding hydrogens is 210 g/mol. The van der Waals surface area contributed by atoms with E-state index in [0.29, 0.717) is 19.4 Å². The Morgan fingerprint density at radius 2 is 2.19 bits per heavy atom. The van der Waals surface area contributed by atoms with Gasteiger partial charge in [-0.25, -0.2) is 0 Å². The molecule has 0 aromatic carbocycles. The number of hydrogen-bond donors (Lipinski definition) is 2. The lowest BCUT2D eigenvalue weighted by Crippen LogP contribution is -2.58. The molecule has 1 heterocycles. The lowest BCUT2D eigenvalue weighted by atomic mass is 9.79.